The van der Waals surface area contributed by atoms with Crippen LogP contribution in [0.2, 0.25) is 0 Å². The van der Waals surface area contributed by atoms with E-state index in [2.05, 4.69) is 10.6 Å². The molecule has 2 unspecified atom stereocenters. The van der Waals surface area contributed by atoms with Crippen LogP contribution in [-0.4, -0.2) is 38.3 Å². The highest BCUT2D eigenvalue weighted by Gasteiger charge is 2.43. The number of carbonyl (C=O) groups excluding carboxylic acids is 1. The highest BCUT2D eigenvalue weighted by Crippen LogP contribution is 2.30. The molecule has 4 heteroatoms. The average molecular weight is 212 g/mol. The van der Waals surface area contributed by atoms with Crippen LogP contribution in [0, 0.1) is 5.92 Å². The van der Waals surface area contributed by atoms with Crippen LogP contribution in [0.1, 0.15) is 25.7 Å². The zero-order chi connectivity index (χ0) is 10.7. The standard InChI is InChI=1S/C11H20N2O2/c1-15-10(14)11(4-2-5-13-11)7-9-3-6-12-8-9/h9,12-13H,2-8H2,1H3. The third-order valence-corrected chi connectivity index (χ3v) is 3.62. The van der Waals surface area contributed by atoms with Crippen molar-refractivity contribution in [2.75, 3.05) is 26.7 Å². The van der Waals surface area contributed by atoms with Gasteiger partial charge in [-0.1, -0.05) is 0 Å². The first kappa shape index (κ1) is 10.9. The largest absolute Gasteiger partial charge is 0.468 e. The maximum atomic E-state index is 11.8. The molecule has 2 N–H and O–H groups in total. The van der Waals surface area contributed by atoms with Crippen LogP contribution in [0.3, 0.4) is 0 Å². The summed E-state index contributed by atoms with van der Waals surface area (Å²) >= 11 is 0. The van der Waals surface area contributed by atoms with Crippen LogP contribution in [0.5, 0.6) is 0 Å². The van der Waals surface area contributed by atoms with Crippen molar-refractivity contribution in [3.63, 3.8) is 0 Å². The maximum Gasteiger partial charge on any atom is 0.326 e. The monoisotopic (exact) mass is 212 g/mol. The van der Waals surface area contributed by atoms with E-state index in [1.54, 1.807) is 0 Å². The van der Waals surface area contributed by atoms with E-state index < -0.39 is 0 Å². The third-order valence-electron chi connectivity index (χ3n) is 3.62. The number of hydrogen-bond acceptors (Lipinski definition) is 4. The van der Waals surface area contributed by atoms with Gasteiger partial charge in [0, 0.05) is 0 Å². The Morgan fingerprint density at radius 3 is 2.93 bits per heavy atom. The van der Waals surface area contributed by atoms with Gasteiger partial charge >= 0.3 is 5.97 Å². The van der Waals surface area contributed by atoms with Gasteiger partial charge in [0.05, 0.1) is 7.11 Å². The molecule has 0 saturated carbocycles. The molecule has 2 rings (SSSR count). The lowest BCUT2D eigenvalue weighted by molar-refractivity contribution is -0.148. The van der Waals surface area contributed by atoms with Crippen molar-refractivity contribution in [1.82, 2.24) is 10.6 Å². The van der Waals surface area contributed by atoms with Gasteiger partial charge in [0.15, 0.2) is 0 Å². The van der Waals surface area contributed by atoms with Crippen molar-refractivity contribution in [2.45, 2.75) is 31.2 Å². The summed E-state index contributed by atoms with van der Waals surface area (Å²) in [5, 5.41) is 6.69. The summed E-state index contributed by atoms with van der Waals surface area (Å²) < 4.78 is 4.93. The van der Waals surface area contributed by atoms with Gasteiger partial charge in [-0.05, 0) is 51.2 Å². The summed E-state index contributed by atoms with van der Waals surface area (Å²) in [7, 11) is 1.48. The fourth-order valence-electron chi connectivity index (χ4n) is 2.81. The topological polar surface area (TPSA) is 50.4 Å². The van der Waals surface area contributed by atoms with Crippen LogP contribution < -0.4 is 10.6 Å². The Hall–Kier alpha value is -0.610. The molecule has 15 heavy (non-hydrogen) atoms. The molecule has 86 valence electrons. The van der Waals surface area contributed by atoms with Crippen LogP contribution >= 0.6 is 0 Å². The molecule has 2 fully saturated rings. The molecule has 2 aliphatic heterocycles. The molecule has 4 nitrogen and oxygen atoms in total. The molecule has 0 aromatic heterocycles. The van der Waals surface area contributed by atoms with Crippen molar-refractivity contribution >= 4 is 5.97 Å². The SMILES string of the molecule is COC(=O)C1(CC2CCNC2)CCCN1. The van der Waals surface area contributed by atoms with Gasteiger partial charge in [-0.2, -0.15) is 0 Å². The molecule has 2 heterocycles. The van der Waals surface area contributed by atoms with Gasteiger partial charge in [0.2, 0.25) is 0 Å². The zero-order valence-corrected chi connectivity index (χ0v) is 9.34. The molecule has 2 saturated heterocycles. The number of nitrogens with one attached hydrogen (secondary N) is 2. The minimum atomic E-state index is -0.383. The normalized spacial score (nSPS) is 35.7. The van der Waals surface area contributed by atoms with Crippen LogP contribution in [0.4, 0.5) is 0 Å². The molecule has 0 amide bonds. The van der Waals surface area contributed by atoms with Crippen LogP contribution in [-0.2, 0) is 9.53 Å². The zero-order valence-electron chi connectivity index (χ0n) is 9.34. The fourth-order valence-corrected chi connectivity index (χ4v) is 2.81. The van der Waals surface area contributed by atoms with E-state index in [9.17, 15) is 4.79 Å². The van der Waals surface area contributed by atoms with Crippen LogP contribution in [0.15, 0.2) is 0 Å². The van der Waals surface area contributed by atoms with Crippen LogP contribution in [0.25, 0.3) is 0 Å². The molecule has 0 radical (unpaired) electrons. The van der Waals surface area contributed by atoms with E-state index in [4.69, 9.17) is 4.74 Å². The fraction of sp³-hybridized carbons (Fsp3) is 0.909. The van der Waals surface area contributed by atoms with Gasteiger partial charge in [0.25, 0.3) is 0 Å². The molecule has 0 aromatic rings. The third kappa shape index (κ3) is 2.16. The lowest BCUT2D eigenvalue weighted by atomic mass is 9.85. The smallest absolute Gasteiger partial charge is 0.326 e. The summed E-state index contributed by atoms with van der Waals surface area (Å²) in [5.74, 6) is 0.543. The van der Waals surface area contributed by atoms with Gasteiger partial charge in [-0.3, -0.25) is 4.79 Å². The Labute approximate surface area is 90.8 Å². The van der Waals surface area contributed by atoms with Crippen molar-refractivity contribution in [1.29, 1.82) is 0 Å². The van der Waals surface area contributed by atoms with Gasteiger partial charge < -0.3 is 15.4 Å². The second-order valence-corrected chi connectivity index (χ2v) is 4.67. The molecule has 0 spiro atoms. The van der Waals surface area contributed by atoms with E-state index in [-0.39, 0.29) is 11.5 Å². The van der Waals surface area contributed by atoms with E-state index in [1.165, 1.54) is 13.5 Å². The summed E-state index contributed by atoms with van der Waals surface area (Å²) in [5.41, 5.74) is -0.383. The van der Waals surface area contributed by atoms with E-state index in [0.717, 1.165) is 38.9 Å². The molecule has 2 aliphatic rings. The quantitative estimate of drug-likeness (QED) is 0.660. The summed E-state index contributed by atoms with van der Waals surface area (Å²) in [6, 6.07) is 0. The van der Waals surface area contributed by atoms with E-state index in [1.807, 2.05) is 0 Å². The van der Waals surface area contributed by atoms with Gasteiger partial charge in [0.1, 0.15) is 5.54 Å². The van der Waals surface area contributed by atoms with Crippen molar-refractivity contribution < 1.29 is 9.53 Å². The van der Waals surface area contributed by atoms with E-state index >= 15 is 0 Å². The lowest BCUT2D eigenvalue weighted by Gasteiger charge is -2.28. The Morgan fingerprint density at radius 1 is 1.53 bits per heavy atom. The van der Waals surface area contributed by atoms with Crippen molar-refractivity contribution in [2.24, 2.45) is 5.92 Å². The second kappa shape index (κ2) is 4.49. The highest BCUT2D eigenvalue weighted by atomic mass is 16.5. The van der Waals surface area contributed by atoms with E-state index in [0.29, 0.717) is 5.92 Å². The summed E-state index contributed by atoms with van der Waals surface area (Å²) in [6.45, 7) is 3.07. The molecule has 0 aromatic carbocycles. The lowest BCUT2D eigenvalue weighted by Crippen LogP contribution is -2.49. The predicted octanol–water partition coefficient (Wildman–Crippen LogP) is 0.281. The number of esters is 1. The van der Waals surface area contributed by atoms with Crippen molar-refractivity contribution in [3.05, 3.63) is 0 Å². The minimum absolute atomic E-state index is 0.0769. The highest BCUT2D eigenvalue weighted by molar-refractivity contribution is 5.81. The Bertz CT molecular complexity index is 231. The number of rotatable bonds is 3. The summed E-state index contributed by atoms with van der Waals surface area (Å²) in [4.78, 5) is 11.8. The number of ether oxygens (including phenoxy) is 1. The van der Waals surface area contributed by atoms with Crippen molar-refractivity contribution in [3.8, 4) is 0 Å². The Balaban J connectivity index is 2.01. The first-order chi connectivity index (χ1) is 7.27. The predicted molar refractivity (Wildman–Crippen MR) is 57.6 cm³/mol. The van der Waals surface area contributed by atoms with Gasteiger partial charge in [-0.25, -0.2) is 0 Å². The Kier molecular flexibility index (Phi) is 3.26. The molecular weight excluding hydrogens is 192 g/mol. The number of carbonyl (C=O) groups is 1. The number of methoxy groups -OCH3 is 1. The number of hydrogen-bond donors (Lipinski definition) is 2. The second-order valence-electron chi connectivity index (χ2n) is 4.67. The first-order valence-corrected chi connectivity index (χ1v) is 5.81. The van der Waals surface area contributed by atoms with Gasteiger partial charge in [-0.15, -0.1) is 0 Å². The Morgan fingerprint density at radius 2 is 2.40 bits per heavy atom. The summed E-state index contributed by atoms with van der Waals surface area (Å²) in [6.07, 6.45) is 4.11. The molecule has 0 bridgehead atoms. The molecule has 0 aliphatic carbocycles. The first-order valence-electron chi connectivity index (χ1n) is 5.81. The maximum absolute atomic E-state index is 11.8. The average Bonchev–Trinajstić information content (AvgIpc) is 2.89. The minimum Gasteiger partial charge on any atom is -0.468 e. The molecule has 2 atom stereocenters. The molecular formula is C11H20N2O2.